The number of rotatable bonds is 41. The molecule has 0 saturated heterocycles. The van der Waals surface area contributed by atoms with Crippen molar-refractivity contribution in [1.29, 1.82) is 0 Å². The molecule has 0 aromatic heterocycles. The molecule has 0 spiro atoms. The summed E-state index contributed by atoms with van der Waals surface area (Å²) in [4.78, 5) is 50.6. The molecule has 59 heavy (non-hydrogen) atoms. The highest BCUT2D eigenvalue weighted by molar-refractivity contribution is 7.45. The Labute approximate surface area is 358 Å². The molecule has 0 fully saturated rings. The average Bonchev–Trinajstić information content (AvgIpc) is 3.23. The van der Waals surface area contributed by atoms with E-state index in [1.807, 2.05) is 6.07 Å². The molecular weight excluding hydrogens is 765 g/mol. The van der Waals surface area contributed by atoms with Crippen molar-refractivity contribution in [1.82, 2.24) is 5.32 Å². The summed E-state index contributed by atoms with van der Waals surface area (Å²) in [5.41, 5.74) is 1.85. The first kappa shape index (κ1) is 54.2. The highest BCUT2D eigenvalue weighted by Gasteiger charge is 2.21. The third-order valence-corrected chi connectivity index (χ3v) is 11.4. The highest BCUT2D eigenvalue weighted by Crippen LogP contribution is 2.38. The summed E-state index contributed by atoms with van der Waals surface area (Å²) < 4.78 is 33.6. The number of hydrogen-bond donors (Lipinski definition) is 1. The summed E-state index contributed by atoms with van der Waals surface area (Å²) in [6.45, 7) is 10.6. The maximum absolute atomic E-state index is 12.8. The van der Waals surface area contributed by atoms with Crippen LogP contribution in [-0.2, 0) is 32.7 Å². The van der Waals surface area contributed by atoms with Crippen LogP contribution in [0.3, 0.4) is 0 Å². The van der Waals surface area contributed by atoms with Gasteiger partial charge in [-0.3, -0.25) is 18.9 Å². The minimum atomic E-state index is -4.85. The normalized spacial score (nSPS) is 12.7. The van der Waals surface area contributed by atoms with Crippen molar-refractivity contribution in [2.45, 2.75) is 200 Å². The van der Waals surface area contributed by atoms with Crippen molar-refractivity contribution in [3.8, 4) is 0 Å². The molecule has 0 heterocycles. The number of carbonyl (C=O) groups excluding carboxylic acids is 3. The Kier molecular flexibility index (Phi) is 34.0. The van der Waals surface area contributed by atoms with Gasteiger partial charge in [0.05, 0.1) is 13.2 Å². The molecule has 0 aliphatic carbocycles. The predicted octanol–water partition coefficient (Wildman–Crippen LogP) is 12.6. The van der Waals surface area contributed by atoms with Gasteiger partial charge >= 0.3 is 11.9 Å². The second-order valence-corrected chi connectivity index (χ2v) is 17.3. The van der Waals surface area contributed by atoms with Crippen molar-refractivity contribution in [2.75, 3.05) is 26.4 Å². The molecule has 0 bridgehead atoms. The van der Waals surface area contributed by atoms with E-state index in [0.717, 1.165) is 49.7 Å². The molecule has 1 N–H and O–H groups in total. The van der Waals surface area contributed by atoms with Crippen LogP contribution in [0.2, 0.25) is 0 Å². The Morgan fingerprint density at radius 3 is 1.44 bits per heavy atom. The first-order valence-corrected chi connectivity index (χ1v) is 24.7. The average molecular weight is 847 g/mol. The maximum Gasteiger partial charge on any atom is 0.306 e. The summed E-state index contributed by atoms with van der Waals surface area (Å²) in [5.74, 6) is -1.35. The number of benzene rings is 1. The van der Waals surface area contributed by atoms with Gasteiger partial charge in [-0.1, -0.05) is 193 Å². The van der Waals surface area contributed by atoms with Crippen LogP contribution in [0.1, 0.15) is 215 Å². The van der Waals surface area contributed by atoms with Crippen LogP contribution < -0.4 is 10.2 Å². The Morgan fingerprint density at radius 2 is 1.02 bits per heavy atom. The third kappa shape index (κ3) is 31.7. The Hall–Kier alpha value is -2.78. The first-order chi connectivity index (χ1) is 28.6. The van der Waals surface area contributed by atoms with E-state index >= 15 is 0 Å². The van der Waals surface area contributed by atoms with Crippen molar-refractivity contribution < 1.29 is 42.4 Å². The number of nitrogens with one attached hydrogen (secondary N) is 1. The van der Waals surface area contributed by atoms with Crippen LogP contribution in [0, 0.1) is 0 Å². The summed E-state index contributed by atoms with van der Waals surface area (Å²) in [7, 11) is -4.85. The van der Waals surface area contributed by atoms with Crippen LogP contribution >= 0.6 is 7.82 Å². The minimum Gasteiger partial charge on any atom is -0.756 e. The van der Waals surface area contributed by atoms with Gasteiger partial charge in [-0.15, -0.1) is 0 Å². The first-order valence-electron chi connectivity index (χ1n) is 23.3. The predicted molar refractivity (Wildman–Crippen MR) is 240 cm³/mol. The van der Waals surface area contributed by atoms with Crippen LogP contribution in [0.4, 0.5) is 0 Å². The highest BCUT2D eigenvalue weighted by atomic mass is 31.2. The number of phosphoric acid groups is 1. The number of carbonyl (C=O) groups is 3. The maximum atomic E-state index is 12.8. The number of esters is 2. The molecule has 1 aromatic carbocycles. The largest absolute Gasteiger partial charge is 0.756 e. The van der Waals surface area contributed by atoms with Crippen molar-refractivity contribution in [3.63, 3.8) is 0 Å². The number of amides is 1. The fraction of sp³-hybridized carbons (Fsp3) is 0.729. The SMILES string of the molecule is C=Cc1cc(C=C)cc(C(=O)NCCOP(=O)([O-])OCC(COC(=O)CCCCCCCCCCCCCCC)OC(=O)CCCCCCCCCCCCCCC)c1. The fourth-order valence-electron chi connectivity index (χ4n) is 6.87. The molecular formula is C48H81NO9P-. The van der Waals surface area contributed by atoms with Crippen molar-refractivity contribution >= 4 is 37.8 Å². The number of hydrogen-bond acceptors (Lipinski definition) is 9. The summed E-state index contributed by atoms with van der Waals surface area (Å²) in [6, 6.07) is 5.14. The van der Waals surface area contributed by atoms with Gasteiger partial charge in [0.25, 0.3) is 13.7 Å². The van der Waals surface area contributed by atoms with Crippen molar-refractivity contribution in [3.05, 3.63) is 48.0 Å². The molecule has 1 aromatic rings. The molecule has 2 unspecified atom stereocenters. The van der Waals surface area contributed by atoms with Gasteiger partial charge in [0.15, 0.2) is 6.10 Å². The molecule has 2 atom stereocenters. The number of unbranched alkanes of at least 4 members (excludes halogenated alkanes) is 24. The lowest BCUT2D eigenvalue weighted by molar-refractivity contribution is -0.228. The summed E-state index contributed by atoms with van der Waals surface area (Å²) in [5, 5.41) is 2.62. The Bertz CT molecular complexity index is 1290. The Balaban J connectivity index is 2.47. The molecule has 338 valence electrons. The fourth-order valence-corrected chi connectivity index (χ4v) is 7.61. The summed E-state index contributed by atoms with van der Waals surface area (Å²) >= 11 is 0. The quantitative estimate of drug-likeness (QED) is 0.0387. The number of ether oxygens (including phenoxy) is 2. The van der Waals surface area contributed by atoms with Gasteiger partial charge in [0.1, 0.15) is 6.61 Å². The Morgan fingerprint density at radius 1 is 0.610 bits per heavy atom. The molecule has 0 aliphatic heterocycles. The summed E-state index contributed by atoms with van der Waals surface area (Å²) in [6.07, 6.45) is 33.5. The van der Waals surface area contributed by atoms with Crippen LogP contribution in [0.5, 0.6) is 0 Å². The smallest absolute Gasteiger partial charge is 0.306 e. The lowest BCUT2D eigenvalue weighted by Gasteiger charge is -2.25. The lowest BCUT2D eigenvalue weighted by atomic mass is 10.0. The zero-order chi connectivity index (χ0) is 43.2. The zero-order valence-electron chi connectivity index (χ0n) is 37.1. The van der Waals surface area contributed by atoms with Crippen LogP contribution in [-0.4, -0.2) is 50.3 Å². The van der Waals surface area contributed by atoms with E-state index < -0.39 is 38.4 Å². The minimum absolute atomic E-state index is 0.107. The van der Waals surface area contributed by atoms with Gasteiger partial charge in [-0.25, -0.2) is 0 Å². The molecule has 0 saturated carbocycles. The van der Waals surface area contributed by atoms with E-state index in [1.165, 1.54) is 116 Å². The van der Waals surface area contributed by atoms with Gasteiger partial charge in [-0.05, 0) is 42.2 Å². The van der Waals surface area contributed by atoms with E-state index in [9.17, 15) is 23.8 Å². The van der Waals surface area contributed by atoms with Gasteiger partial charge in [0.2, 0.25) is 0 Å². The van der Waals surface area contributed by atoms with Crippen LogP contribution in [0.25, 0.3) is 12.2 Å². The van der Waals surface area contributed by atoms with E-state index in [4.69, 9.17) is 18.5 Å². The van der Waals surface area contributed by atoms with E-state index in [0.29, 0.717) is 18.4 Å². The molecule has 1 amide bonds. The standard InChI is InChI=1S/C48H82NO9P/c1-5-9-11-13-15-17-19-21-23-25-27-29-31-33-46(50)55-40-45(58-47(51)34-32-30-28-26-24-22-20-18-16-14-12-10-6-2)41-57-59(53,54)56-36-35-49-48(52)44-38-42(7-3)37-43(8-4)39-44/h7-8,37-39,45H,3-6,9-36,40-41H2,1-2H3,(H,49,52)(H,53,54)/p-1. The third-order valence-electron chi connectivity index (χ3n) is 10.5. The van der Waals surface area contributed by atoms with Crippen molar-refractivity contribution in [2.24, 2.45) is 0 Å². The monoisotopic (exact) mass is 847 g/mol. The van der Waals surface area contributed by atoms with Gasteiger partial charge < -0.3 is 28.7 Å². The molecule has 1 rings (SSSR count). The topological polar surface area (TPSA) is 140 Å². The van der Waals surface area contributed by atoms with E-state index in [-0.39, 0.29) is 32.6 Å². The number of phosphoric ester groups is 1. The second-order valence-electron chi connectivity index (χ2n) is 15.9. The molecule has 10 nitrogen and oxygen atoms in total. The van der Waals surface area contributed by atoms with E-state index in [2.05, 4.69) is 32.3 Å². The molecule has 11 heteroatoms. The molecule has 0 radical (unpaired) electrons. The van der Waals surface area contributed by atoms with Gasteiger partial charge in [0, 0.05) is 24.9 Å². The lowest BCUT2D eigenvalue weighted by Crippen LogP contribution is -2.31. The van der Waals surface area contributed by atoms with Gasteiger partial charge in [-0.2, -0.15) is 0 Å². The molecule has 0 aliphatic rings. The zero-order valence-corrected chi connectivity index (χ0v) is 38.0. The van der Waals surface area contributed by atoms with Crippen LogP contribution in [0.15, 0.2) is 31.4 Å². The second kappa shape index (κ2) is 37.0. The van der Waals surface area contributed by atoms with E-state index in [1.54, 1.807) is 24.3 Å².